The molecule has 4 aliphatic rings. The molecule has 0 aliphatic heterocycles. The maximum Gasteiger partial charge on any atom is 0.330 e. The fourth-order valence-electron chi connectivity index (χ4n) is 4.44. The van der Waals surface area contributed by atoms with E-state index in [2.05, 4.69) is 0 Å². The third-order valence-electron chi connectivity index (χ3n) is 5.72. The first-order valence-electron chi connectivity index (χ1n) is 8.72. The highest BCUT2D eigenvalue weighted by Crippen LogP contribution is 2.73. The lowest BCUT2D eigenvalue weighted by Gasteiger charge is -2.38. The summed E-state index contributed by atoms with van der Waals surface area (Å²) in [5.41, 5.74) is 5.13. The van der Waals surface area contributed by atoms with Crippen LogP contribution in [0.2, 0.25) is 0 Å². The van der Waals surface area contributed by atoms with Crippen LogP contribution in [0.15, 0.2) is 23.8 Å². The second-order valence-corrected chi connectivity index (χ2v) is 8.06. The number of ether oxygens (including phenoxy) is 3. The van der Waals surface area contributed by atoms with Crippen LogP contribution < -0.4 is 5.73 Å². The standard InChI is InChI=1S/C19H27NO5/c1-5-6-18(3,20)16(22)25-14-13-10-17(2,15(21)24-11-23-4)7-12-8-19(13,14)9-12/h5-6,10,12,14H,7-9,11,20H2,1-4H3/b6-5+. The van der Waals surface area contributed by atoms with Gasteiger partial charge in [-0.1, -0.05) is 18.2 Å². The third-order valence-corrected chi connectivity index (χ3v) is 5.72. The van der Waals surface area contributed by atoms with Gasteiger partial charge in [0, 0.05) is 12.5 Å². The van der Waals surface area contributed by atoms with Gasteiger partial charge in [0.05, 0.1) is 5.41 Å². The number of methoxy groups -OCH3 is 1. The van der Waals surface area contributed by atoms with Crippen LogP contribution in [-0.4, -0.2) is 37.5 Å². The molecule has 4 aliphatic carbocycles. The molecule has 3 atom stereocenters. The van der Waals surface area contributed by atoms with Crippen LogP contribution in [0, 0.1) is 16.7 Å². The first kappa shape index (κ1) is 18.1. The molecule has 6 heteroatoms. The molecular formula is C19H27NO5. The second kappa shape index (κ2) is 5.95. The molecule has 0 radical (unpaired) electrons. The Bertz CT molecular complexity index is 644. The average Bonchev–Trinajstić information content (AvgIpc) is 3.15. The predicted molar refractivity (Wildman–Crippen MR) is 91.2 cm³/mol. The van der Waals surface area contributed by atoms with Crippen molar-refractivity contribution in [1.29, 1.82) is 0 Å². The van der Waals surface area contributed by atoms with Gasteiger partial charge in [-0.3, -0.25) is 4.79 Å². The summed E-state index contributed by atoms with van der Waals surface area (Å²) in [6.07, 6.45) is 7.73. The Morgan fingerprint density at radius 1 is 1.40 bits per heavy atom. The van der Waals surface area contributed by atoms with E-state index in [1.807, 2.05) is 19.9 Å². The molecule has 2 saturated carbocycles. The summed E-state index contributed by atoms with van der Waals surface area (Å²) < 4.78 is 15.7. The number of rotatable bonds is 6. The fourth-order valence-corrected chi connectivity index (χ4v) is 4.44. The van der Waals surface area contributed by atoms with Crippen LogP contribution in [0.4, 0.5) is 0 Å². The molecule has 1 spiro atoms. The molecular weight excluding hydrogens is 322 g/mol. The summed E-state index contributed by atoms with van der Waals surface area (Å²) in [7, 11) is 1.48. The van der Waals surface area contributed by atoms with Crippen molar-refractivity contribution in [2.24, 2.45) is 22.5 Å². The summed E-state index contributed by atoms with van der Waals surface area (Å²) >= 11 is 0. The molecule has 3 unspecified atom stereocenters. The second-order valence-electron chi connectivity index (χ2n) is 8.06. The van der Waals surface area contributed by atoms with E-state index >= 15 is 0 Å². The van der Waals surface area contributed by atoms with Crippen LogP contribution in [0.1, 0.15) is 40.0 Å². The van der Waals surface area contributed by atoms with E-state index in [0.29, 0.717) is 5.92 Å². The quantitative estimate of drug-likeness (QED) is 0.449. The highest BCUT2D eigenvalue weighted by Gasteiger charge is 2.71. The van der Waals surface area contributed by atoms with Crippen molar-refractivity contribution in [1.82, 2.24) is 0 Å². The Morgan fingerprint density at radius 2 is 2.08 bits per heavy atom. The summed E-state index contributed by atoms with van der Waals surface area (Å²) in [4.78, 5) is 24.8. The van der Waals surface area contributed by atoms with Crippen LogP contribution in [0.5, 0.6) is 0 Å². The SMILES string of the molecule is C/C=C/C(C)(N)C(=O)OC1C2=CC(C)(C(=O)OCOC)CC3CC21C3. The van der Waals surface area contributed by atoms with Gasteiger partial charge in [-0.2, -0.15) is 0 Å². The van der Waals surface area contributed by atoms with Gasteiger partial charge in [-0.15, -0.1) is 0 Å². The smallest absolute Gasteiger partial charge is 0.330 e. The van der Waals surface area contributed by atoms with Crippen molar-refractivity contribution in [3.63, 3.8) is 0 Å². The van der Waals surface area contributed by atoms with Crippen molar-refractivity contribution in [2.45, 2.75) is 51.7 Å². The van der Waals surface area contributed by atoms with Gasteiger partial charge in [0.25, 0.3) is 0 Å². The molecule has 0 heterocycles. The van der Waals surface area contributed by atoms with Gasteiger partial charge in [-0.25, -0.2) is 4.79 Å². The number of hydrogen-bond donors (Lipinski definition) is 1. The molecule has 25 heavy (non-hydrogen) atoms. The minimum atomic E-state index is -1.14. The molecule has 6 nitrogen and oxygen atoms in total. The number of fused-ring (bicyclic) bond motifs is 2. The topological polar surface area (TPSA) is 87.9 Å². The zero-order chi connectivity index (χ0) is 18.5. The zero-order valence-corrected chi connectivity index (χ0v) is 15.3. The van der Waals surface area contributed by atoms with Crippen molar-refractivity contribution < 1.29 is 23.8 Å². The zero-order valence-electron chi connectivity index (χ0n) is 15.3. The van der Waals surface area contributed by atoms with Crippen molar-refractivity contribution in [3.05, 3.63) is 23.8 Å². The summed E-state index contributed by atoms with van der Waals surface area (Å²) in [6, 6.07) is 0. The minimum Gasteiger partial charge on any atom is -0.455 e. The van der Waals surface area contributed by atoms with E-state index in [1.54, 1.807) is 19.1 Å². The molecule has 0 aromatic rings. The van der Waals surface area contributed by atoms with E-state index in [-0.39, 0.29) is 24.3 Å². The van der Waals surface area contributed by atoms with E-state index in [0.717, 1.165) is 24.8 Å². The van der Waals surface area contributed by atoms with Gasteiger partial charge in [0.1, 0.15) is 11.6 Å². The molecule has 4 rings (SSSR count). The lowest BCUT2D eigenvalue weighted by molar-refractivity contribution is -0.164. The predicted octanol–water partition coefficient (Wildman–Crippen LogP) is 2.09. The molecule has 138 valence electrons. The Hall–Kier alpha value is -1.66. The van der Waals surface area contributed by atoms with E-state index in [9.17, 15) is 9.59 Å². The molecule has 0 aromatic heterocycles. The molecule has 0 saturated heterocycles. The fraction of sp³-hybridized carbons (Fsp3) is 0.684. The highest BCUT2D eigenvalue weighted by molar-refractivity contribution is 5.84. The molecule has 0 amide bonds. The largest absolute Gasteiger partial charge is 0.455 e. The van der Waals surface area contributed by atoms with Gasteiger partial charge in [-0.05, 0) is 51.5 Å². The van der Waals surface area contributed by atoms with E-state index < -0.39 is 16.9 Å². The molecule has 2 fully saturated rings. The van der Waals surface area contributed by atoms with E-state index in [4.69, 9.17) is 19.9 Å². The van der Waals surface area contributed by atoms with Gasteiger partial charge < -0.3 is 19.9 Å². The monoisotopic (exact) mass is 349 g/mol. The molecule has 0 aromatic carbocycles. The van der Waals surface area contributed by atoms with Crippen molar-refractivity contribution in [2.75, 3.05) is 13.9 Å². The highest BCUT2D eigenvalue weighted by atomic mass is 16.7. The van der Waals surface area contributed by atoms with Gasteiger partial charge in [0.2, 0.25) is 0 Å². The lowest BCUT2D eigenvalue weighted by Crippen LogP contribution is -2.45. The van der Waals surface area contributed by atoms with Crippen molar-refractivity contribution >= 4 is 11.9 Å². The normalized spacial score (nSPS) is 37.9. The Morgan fingerprint density at radius 3 is 2.68 bits per heavy atom. The summed E-state index contributed by atoms with van der Waals surface area (Å²) in [6.45, 7) is 5.28. The van der Waals surface area contributed by atoms with Gasteiger partial charge in [0.15, 0.2) is 6.79 Å². The lowest BCUT2D eigenvalue weighted by atomic mass is 9.67. The Balaban J connectivity index is 1.76. The number of carbonyl (C=O) groups excluding carboxylic acids is 2. The number of nitrogens with two attached hydrogens (primary N) is 1. The number of esters is 2. The Kier molecular flexibility index (Phi) is 4.32. The number of carbonyl (C=O) groups is 2. The van der Waals surface area contributed by atoms with Gasteiger partial charge >= 0.3 is 11.9 Å². The van der Waals surface area contributed by atoms with Crippen LogP contribution in [-0.2, 0) is 23.8 Å². The van der Waals surface area contributed by atoms with Crippen LogP contribution >= 0.6 is 0 Å². The first-order chi connectivity index (χ1) is 11.7. The van der Waals surface area contributed by atoms with E-state index in [1.165, 1.54) is 7.11 Å². The van der Waals surface area contributed by atoms with Crippen LogP contribution in [0.25, 0.3) is 0 Å². The number of allylic oxidation sites excluding steroid dienone is 1. The third kappa shape index (κ3) is 2.91. The first-order valence-corrected chi connectivity index (χ1v) is 8.72. The summed E-state index contributed by atoms with van der Waals surface area (Å²) in [5.74, 6) is -0.289. The van der Waals surface area contributed by atoms with Crippen molar-refractivity contribution in [3.8, 4) is 0 Å². The average molecular weight is 349 g/mol. The van der Waals surface area contributed by atoms with Crippen LogP contribution in [0.3, 0.4) is 0 Å². The summed E-state index contributed by atoms with van der Waals surface area (Å²) in [5, 5.41) is 0. The minimum absolute atomic E-state index is 0.0549. The molecule has 2 bridgehead atoms. The maximum absolute atomic E-state index is 12.4. The molecule has 2 N–H and O–H groups in total. The Labute approximate surface area is 148 Å². The maximum atomic E-state index is 12.4. The number of hydrogen-bond acceptors (Lipinski definition) is 6.